The molecule has 1 unspecified atom stereocenters. The molecule has 3 aliphatic rings. The normalized spacial score (nSPS) is 22.0. The Balaban J connectivity index is 1.47. The smallest absolute Gasteiger partial charge is 0.235 e. The van der Waals surface area contributed by atoms with Crippen LogP contribution in [0.1, 0.15) is 37.7 Å². The fourth-order valence-corrected chi connectivity index (χ4v) is 5.74. The standard InChI is InChI=1S/C23H25ClFN3O2S/c1-28-9-6-16(13-28)30-19-12-15(27-31-20-5-4-14(24)10-18(20)25)11-17-21(19)26-22(29)23(17)7-2-3-8-23/h4-5,10-12,16,27H,2-3,6-9,13H2,1H3,(H,26,29). The third-order valence-corrected chi connectivity index (χ3v) is 7.69. The number of fused-ring (bicyclic) bond motifs is 2. The largest absolute Gasteiger partial charge is 0.487 e. The zero-order valence-corrected chi connectivity index (χ0v) is 18.9. The van der Waals surface area contributed by atoms with Gasteiger partial charge in [0.15, 0.2) is 0 Å². The maximum absolute atomic E-state index is 14.2. The second kappa shape index (κ2) is 8.19. The summed E-state index contributed by atoms with van der Waals surface area (Å²) in [5, 5.41) is 3.48. The van der Waals surface area contributed by atoms with E-state index >= 15 is 0 Å². The highest BCUT2D eigenvalue weighted by Crippen LogP contribution is 2.53. The molecule has 5 rings (SSSR count). The molecule has 2 aromatic carbocycles. The molecule has 2 fully saturated rings. The molecule has 0 radical (unpaired) electrons. The number of amides is 1. The van der Waals surface area contributed by atoms with Crippen molar-refractivity contribution in [2.75, 3.05) is 30.2 Å². The van der Waals surface area contributed by atoms with Gasteiger partial charge in [-0.1, -0.05) is 24.4 Å². The summed E-state index contributed by atoms with van der Waals surface area (Å²) >= 11 is 7.05. The lowest BCUT2D eigenvalue weighted by molar-refractivity contribution is -0.120. The van der Waals surface area contributed by atoms with Gasteiger partial charge in [-0.25, -0.2) is 4.39 Å². The molecule has 1 spiro atoms. The molecule has 2 aliphatic heterocycles. The van der Waals surface area contributed by atoms with Crippen molar-refractivity contribution in [1.29, 1.82) is 0 Å². The summed E-state index contributed by atoms with van der Waals surface area (Å²) in [5.41, 5.74) is 2.11. The Bertz CT molecular complexity index is 1030. The fourth-order valence-electron chi connectivity index (χ4n) is 4.95. The van der Waals surface area contributed by atoms with Crippen LogP contribution in [0.3, 0.4) is 0 Å². The second-order valence-corrected chi connectivity index (χ2v) is 9.99. The number of rotatable bonds is 5. The van der Waals surface area contributed by atoms with Crippen molar-refractivity contribution in [3.63, 3.8) is 0 Å². The molecule has 2 heterocycles. The maximum atomic E-state index is 14.2. The predicted octanol–water partition coefficient (Wildman–Crippen LogP) is 5.45. The Labute approximate surface area is 190 Å². The van der Waals surface area contributed by atoms with Gasteiger partial charge in [-0.2, -0.15) is 0 Å². The van der Waals surface area contributed by atoms with Crippen LogP contribution in [0.2, 0.25) is 5.02 Å². The number of likely N-dealkylation sites (N-methyl/N-ethyl adjacent to an activating group) is 1. The Morgan fingerprint density at radius 2 is 2.10 bits per heavy atom. The quantitative estimate of drug-likeness (QED) is 0.580. The van der Waals surface area contributed by atoms with E-state index in [-0.39, 0.29) is 17.8 Å². The van der Waals surface area contributed by atoms with Crippen molar-refractivity contribution >= 4 is 40.8 Å². The van der Waals surface area contributed by atoms with Gasteiger partial charge in [0.05, 0.1) is 16.0 Å². The van der Waals surface area contributed by atoms with E-state index in [1.54, 1.807) is 12.1 Å². The Morgan fingerprint density at radius 3 is 2.81 bits per heavy atom. The minimum atomic E-state index is -0.478. The lowest BCUT2D eigenvalue weighted by atomic mass is 9.80. The van der Waals surface area contributed by atoms with Gasteiger partial charge in [-0.3, -0.25) is 4.79 Å². The van der Waals surface area contributed by atoms with Gasteiger partial charge >= 0.3 is 0 Å². The van der Waals surface area contributed by atoms with Gasteiger partial charge in [0.25, 0.3) is 0 Å². The summed E-state index contributed by atoms with van der Waals surface area (Å²) in [4.78, 5) is 15.7. The summed E-state index contributed by atoms with van der Waals surface area (Å²) in [6.45, 7) is 1.85. The molecule has 1 aliphatic carbocycles. The molecule has 1 saturated carbocycles. The van der Waals surface area contributed by atoms with Crippen LogP contribution in [0.4, 0.5) is 15.8 Å². The monoisotopic (exact) mass is 461 g/mol. The molecule has 8 heteroatoms. The number of benzene rings is 2. The first-order chi connectivity index (χ1) is 14.9. The van der Waals surface area contributed by atoms with Crippen molar-refractivity contribution in [1.82, 2.24) is 4.90 Å². The van der Waals surface area contributed by atoms with Crippen LogP contribution in [-0.4, -0.2) is 37.0 Å². The first-order valence-corrected chi connectivity index (χ1v) is 11.9. The van der Waals surface area contributed by atoms with Crippen molar-refractivity contribution in [2.45, 2.75) is 48.5 Å². The van der Waals surface area contributed by atoms with E-state index in [4.69, 9.17) is 16.3 Å². The second-order valence-electron chi connectivity index (χ2n) is 8.71. The van der Waals surface area contributed by atoms with E-state index < -0.39 is 5.41 Å². The zero-order valence-electron chi connectivity index (χ0n) is 17.3. The van der Waals surface area contributed by atoms with Crippen LogP contribution >= 0.6 is 23.5 Å². The van der Waals surface area contributed by atoms with E-state index in [1.807, 2.05) is 12.1 Å². The van der Waals surface area contributed by atoms with Crippen molar-refractivity contribution in [2.24, 2.45) is 0 Å². The highest BCUT2D eigenvalue weighted by molar-refractivity contribution is 8.00. The van der Waals surface area contributed by atoms with Crippen LogP contribution in [0.5, 0.6) is 5.75 Å². The zero-order chi connectivity index (χ0) is 21.6. The third-order valence-electron chi connectivity index (χ3n) is 6.56. The van der Waals surface area contributed by atoms with Gasteiger partial charge in [-0.15, -0.1) is 0 Å². The van der Waals surface area contributed by atoms with Crippen LogP contribution in [-0.2, 0) is 10.2 Å². The maximum Gasteiger partial charge on any atom is 0.235 e. The predicted molar refractivity (Wildman–Crippen MR) is 123 cm³/mol. The Hall–Kier alpha value is -1.96. The fraction of sp³-hybridized carbons (Fsp3) is 0.435. The highest BCUT2D eigenvalue weighted by Gasteiger charge is 2.49. The van der Waals surface area contributed by atoms with E-state index in [0.29, 0.717) is 15.7 Å². The summed E-state index contributed by atoms with van der Waals surface area (Å²) in [6.07, 6.45) is 4.81. The number of hydrogen-bond donors (Lipinski definition) is 2. The Kier molecular flexibility index (Phi) is 5.52. The third kappa shape index (κ3) is 3.88. The first kappa shape index (κ1) is 20.9. The van der Waals surface area contributed by atoms with Gasteiger partial charge in [-0.05, 0) is 68.1 Å². The van der Waals surface area contributed by atoms with E-state index in [2.05, 4.69) is 22.0 Å². The first-order valence-electron chi connectivity index (χ1n) is 10.7. The van der Waals surface area contributed by atoms with Crippen LogP contribution in [0.15, 0.2) is 35.2 Å². The number of anilines is 2. The SMILES string of the molecule is CN1CCC(Oc2cc(NSc3ccc(Cl)cc3F)cc3c2NC(=O)C32CCCC2)C1. The highest BCUT2D eigenvalue weighted by atomic mass is 35.5. The minimum absolute atomic E-state index is 0.0712. The molecule has 0 bridgehead atoms. The van der Waals surface area contributed by atoms with Crippen LogP contribution in [0, 0.1) is 5.82 Å². The minimum Gasteiger partial charge on any atom is -0.487 e. The van der Waals surface area contributed by atoms with Crippen molar-refractivity contribution < 1.29 is 13.9 Å². The number of nitrogens with one attached hydrogen (secondary N) is 2. The average Bonchev–Trinajstić information content (AvgIpc) is 3.44. The lowest BCUT2D eigenvalue weighted by Crippen LogP contribution is -2.30. The molecule has 2 aromatic rings. The molecule has 5 nitrogen and oxygen atoms in total. The average molecular weight is 462 g/mol. The van der Waals surface area contributed by atoms with Crippen LogP contribution < -0.4 is 14.8 Å². The number of ether oxygens (including phenoxy) is 1. The topological polar surface area (TPSA) is 53.6 Å². The number of nitrogens with zero attached hydrogens (tertiary/aromatic N) is 1. The van der Waals surface area contributed by atoms with Gasteiger partial charge in [0, 0.05) is 29.9 Å². The van der Waals surface area contributed by atoms with Crippen molar-refractivity contribution in [3.8, 4) is 5.75 Å². The molecule has 2 N–H and O–H groups in total. The summed E-state index contributed by atoms with van der Waals surface area (Å²) < 4.78 is 23.8. The van der Waals surface area contributed by atoms with E-state index in [0.717, 1.165) is 62.1 Å². The molecule has 1 atom stereocenters. The van der Waals surface area contributed by atoms with E-state index in [1.165, 1.54) is 18.0 Å². The van der Waals surface area contributed by atoms with Gasteiger partial charge < -0.3 is 19.7 Å². The molecule has 164 valence electrons. The number of likely N-dealkylation sites (tertiary alicyclic amines) is 1. The number of halogens is 2. The number of hydrogen-bond acceptors (Lipinski definition) is 5. The molecule has 0 aromatic heterocycles. The number of carbonyl (C=O) groups is 1. The van der Waals surface area contributed by atoms with E-state index in [9.17, 15) is 9.18 Å². The van der Waals surface area contributed by atoms with Crippen LogP contribution in [0.25, 0.3) is 0 Å². The molecular formula is C23H25ClFN3O2S. The summed E-state index contributed by atoms with van der Waals surface area (Å²) in [6, 6.07) is 8.55. The molecular weight excluding hydrogens is 437 g/mol. The van der Waals surface area contributed by atoms with Gasteiger partial charge in [0.2, 0.25) is 5.91 Å². The lowest BCUT2D eigenvalue weighted by Gasteiger charge is -2.22. The summed E-state index contributed by atoms with van der Waals surface area (Å²) in [5.74, 6) is 0.386. The summed E-state index contributed by atoms with van der Waals surface area (Å²) in [7, 11) is 2.08. The van der Waals surface area contributed by atoms with Crippen molar-refractivity contribution in [3.05, 3.63) is 46.7 Å². The Morgan fingerprint density at radius 1 is 1.29 bits per heavy atom. The number of carbonyl (C=O) groups excluding carboxylic acids is 1. The molecule has 1 saturated heterocycles. The molecule has 31 heavy (non-hydrogen) atoms. The molecule has 1 amide bonds. The van der Waals surface area contributed by atoms with Gasteiger partial charge in [0.1, 0.15) is 17.7 Å².